The maximum absolute atomic E-state index is 12.6. The van der Waals surface area contributed by atoms with Gasteiger partial charge in [-0.1, -0.05) is 69.3 Å². The average Bonchev–Trinajstić information content (AvgIpc) is 3.16. The van der Waals surface area contributed by atoms with Crippen molar-refractivity contribution >= 4 is 18.0 Å². The van der Waals surface area contributed by atoms with Crippen LogP contribution < -0.4 is 10.6 Å². The lowest BCUT2D eigenvalue weighted by Crippen LogP contribution is -2.47. The van der Waals surface area contributed by atoms with Crippen LogP contribution in [0.1, 0.15) is 63.5 Å². The van der Waals surface area contributed by atoms with Gasteiger partial charge in [0.2, 0.25) is 5.91 Å². The van der Waals surface area contributed by atoms with Crippen LogP contribution in [0.5, 0.6) is 0 Å². The third-order valence-electron chi connectivity index (χ3n) is 6.85. The van der Waals surface area contributed by atoms with Gasteiger partial charge in [0.25, 0.3) is 0 Å². The van der Waals surface area contributed by atoms with E-state index in [1.807, 2.05) is 31.2 Å². The Kier molecular flexibility index (Phi) is 9.29. The van der Waals surface area contributed by atoms with Gasteiger partial charge in [0, 0.05) is 18.9 Å². The molecule has 0 aliphatic heterocycles. The van der Waals surface area contributed by atoms with E-state index in [1.54, 1.807) is 0 Å². The molecule has 0 heterocycles. The fourth-order valence-electron chi connectivity index (χ4n) is 4.76. The van der Waals surface area contributed by atoms with Crippen LogP contribution in [0.15, 0.2) is 48.5 Å². The molecule has 2 amide bonds. The second-order valence-electron chi connectivity index (χ2n) is 9.45. The van der Waals surface area contributed by atoms with E-state index in [0.717, 1.165) is 22.3 Å². The van der Waals surface area contributed by atoms with Crippen molar-refractivity contribution in [1.82, 2.24) is 10.6 Å². The zero-order valence-electron chi connectivity index (χ0n) is 20.8. The van der Waals surface area contributed by atoms with Crippen molar-refractivity contribution in [3.8, 4) is 11.1 Å². The predicted molar refractivity (Wildman–Crippen MR) is 135 cm³/mol. The first-order valence-corrected chi connectivity index (χ1v) is 12.4. The molecule has 35 heavy (non-hydrogen) atoms. The number of carbonyl (C=O) groups is 3. The molecule has 0 radical (unpaired) electrons. The molecule has 1 aliphatic rings. The van der Waals surface area contributed by atoms with Crippen molar-refractivity contribution in [2.45, 2.75) is 58.4 Å². The Bertz CT molecular complexity index is 990. The molecule has 0 saturated heterocycles. The summed E-state index contributed by atoms with van der Waals surface area (Å²) in [5.41, 5.74) is 4.58. The molecular formula is C28H36N2O5. The Morgan fingerprint density at radius 1 is 0.971 bits per heavy atom. The quantitative estimate of drug-likeness (QED) is 0.399. The van der Waals surface area contributed by atoms with Crippen molar-refractivity contribution in [2.75, 3.05) is 13.2 Å². The van der Waals surface area contributed by atoms with E-state index in [9.17, 15) is 14.4 Å². The van der Waals surface area contributed by atoms with Crippen LogP contribution >= 0.6 is 0 Å². The van der Waals surface area contributed by atoms with Gasteiger partial charge in [-0.25, -0.2) is 4.79 Å². The molecule has 7 heteroatoms. The minimum absolute atomic E-state index is 0.0409. The van der Waals surface area contributed by atoms with E-state index in [1.165, 1.54) is 0 Å². The van der Waals surface area contributed by atoms with Gasteiger partial charge < -0.3 is 20.5 Å². The summed E-state index contributed by atoms with van der Waals surface area (Å²) in [4.78, 5) is 36.1. The van der Waals surface area contributed by atoms with Gasteiger partial charge in [0.05, 0.1) is 0 Å². The highest BCUT2D eigenvalue weighted by atomic mass is 16.5. The minimum Gasteiger partial charge on any atom is -0.481 e. The highest BCUT2D eigenvalue weighted by Gasteiger charge is 2.29. The fourth-order valence-corrected chi connectivity index (χ4v) is 4.76. The lowest BCUT2D eigenvalue weighted by Gasteiger charge is -2.22. The van der Waals surface area contributed by atoms with Gasteiger partial charge in [0.15, 0.2) is 0 Å². The fraction of sp³-hybridized carbons (Fsp3) is 0.464. The molecule has 3 rings (SSSR count). The van der Waals surface area contributed by atoms with E-state index in [-0.39, 0.29) is 30.8 Å². The summed E-state index contributed by atoms with van der Waals surface area (Å²) < 4.78 is 5.57. The predicted octanol–water partition coefficient (Wildman–Crippen LogP) is 4.95. The Balaban J connectivity index is 1.50. The third kappa shape index (κ3) is 6.84. The van der Waals surface area contributed by atoms with Crippen molar-refractivity contribution in [1.29, 1.82) is 0 Å². The summed E-state index contributed by atoms with van der Waals surface area (Å²) in [6, 6.07) is 15.6. The van der Waals surface area contributed by atoms with Crippen LogP contribution in [0.4, 0.5) is 4.79 Å². The van der Waals surface area contributed by atoms with Crippen molar-refractivity contribution < 1.29 is 24.2 Å². The molecule has 188 valence electrons. The normalized spacial score (nSPS) is 14.1. The lowest BCUT2D eigenvalue weighted by molar-refractivity contribution is -0.137. The van der Waals surface area contributed by atoms with Gasteiger partial charge >= 0.3 is 12.1 Å². The molecule has 2 atom stereocenters. The summed E-state index contributed by atoms with van der Waals surface area (Å²) in [5, 5.41) is 14.5. The number of benzene rings is 2. The lowest BCUT2D eigenvalue weighted by atomic mass is 9.88. The Hall–Kier alpha value is -3.35. The minimum atomic E-state index is -0.807. The SMILES string of the molecule is CC[C@H](NC(=O)OCC1c2ccccc2-c2ccccc21)C(=O)NCCC(CCC(=O)O)C(C)C. The number of amides is 2. The first kappa shape index (κ1) is 26.3. The van der Waals surface area contributed by atoms with Crippen molar-refractivity contribution in [2.24, 2.45) is 11.8 Å². The average molecular weight is 481 g/mol. The first-order chi connectivity index (χ1) is 16.8. The molecule has 2 aromatic rings. The van der Waals surface area contributed by atoms with Gasteiger partial charge in [-0.3, -0.25) is 9.59 Å². The first-order valence-electron chi connectivity index (χ1n) is 12.4. The molecule has 0 bridgehead atoms. The van der Waals surface area contributed by atoms with E-state index >= 15 is 0 Å². The number of nitrogens with one attached hydrogen (secondary N) is 2. The van der Waals surface area contributed by atoms with E-state index in [0.29, 0.717) is 31.7 Å². The second kappa shape index (κ2) is 12.4. The number of aliphatic carboxylic acids is 1. The highest BCUT2D eigenvalue weighted by Crippen LogP contribution is 2.44. The molecule has 0 spiro atoms. The van der Waals surface area contributed by atoms with Crippen LogP contribution in [0, 0.1) is 11.8 Å². The Labute approximate surface area is 207 Å². The maximum atomic E-state index is 12.6. The Morgan fingerprint density at radius 2 is 1.57 bits per heavy atom. The van der Waals surface area contributed by atoms with Crippen LogP contribution in [0.3, 0.4) is 0 Å². The van der Waals surface area contributed by atoms with Crippen LogP contribution in [-0.4, -0.2) is 42.3 Å². The van der Waals surface area contributed by atoms with Crippen LogP contribution in [-0.2, 0) is 14.3 Å². The summed E-state index contributed by atoms with van der Waals surface area (Å²) in [6.45, 7) is 6.57. The monoisotopic (exact) mass is 480 g/mol. The van der Waals surface area contributed by atoms with Gasteiger partial charge in [-0.2, -0.15) is 0 Å². The summed E-state index contributed by atoms with van der Waals surface area (Å²) in [6.07, 6.45) is 1.21. The summed E-state index contributed by atoms with van der Waals surface area (Å²) in [5.74, 6) is -0.575. The molecule has 1 aliphatic carbocycles. The standard InChI is InChI=1S/C28H36N2O5/c1-4-25(27(33)29-16-15-19(18(2)3)13-14-26(31)32)30-28(34)35-17-24-22-11-7-5-9-20(22)21-10-6-8-12-23(21)24/h5-12,18-19,24-25H,4,13-17H2,1-3H3,(H,29,33)(H,30,34)(H,31,32)/t19?,25-/m0/s1. The molecule has 0 aromatic heterocycles. The van der Waals surface area contributed by atoms with E-state index in [2.05, 4.69) is 48.7 Å². The van der Waals surface area contributed by atoms with E-state index < -0.39 is 18.1 Å². The molecule has 3 N–H and O–H groups in total. The van der Waals surface area contributed by atoms with Crippen LogP contribution in [0.2, 0.25) is 0 Å². The Morgan fingerprint density at radius 3 is 2.11 bits per heavy atom. The molecule has 1 unspecified atom stereocenters. The summed E-state index contributed by atoms with van der Waals surface area (Å²) >= 11 is 0. The maximum Gasteiger partial charge on any atom is 0.407 e. The molecule has 0 saturated carbocycles. The van der Waals surface area contributed by atoms with Crippen LogP contribution in [0.25, 0.3) is 11.1 Å². The number of carboxylic acid groups (broad SMARTS) is 1. The van der Waals surface area contributed by atoms with E-state index in [4.69, 9.17) is 9.84 Å². The molecule has 0 fully saturated rings. The number of carbonyl (C=O) groups excluding carboxylic acids is 2. The number of alkyl carbamates (subject to hydrolysis) is 1. The summed E-state index contributed by atoms with van der Waals surface area (Å²) in [7, 11) is 0. The largest absolute Gasteiger partial charge is 0.481 e. The topological polar surface area (TPSA) is 105 Å². The molecule has 7 nitrogen and oxygen atoms in total. The zero-order chi connectivity index (χ0) is 25.4. The number of rotatable bonds is 12. The van der Waals surface area contributed by atoms with Crippen molar-refractivity contribution in [3.63, 3.8) is 0 Å². The highest BCUT2D eigenvalue weighted by molar-refractivity contribution is 5.85. The number of hydrogen-bond acceptors (Lipinski definition) is 4. The number of ether oxygens (including phenoxy) is 1. The van der Waals surface area contributed by atoms with Gasteiger partial charge in [-0.15, -0.1) is 0 Å². The number of hydrogen-bond donors (Lipinski definition) is 3. The van der Waals surface area contributed by atoms with Crippen molar-refractivity contribution in [3.05, 3.63) is 59.7 Å². The second-order valence-corrected chi connectivity index (χ2v) is 9.45. The van der Waals surface area contributed by atoms with Gasteiger partial charge in [-0.05, 0) is 53.4 Å². The smallest absolute Gasteiger partial charge is 0.407 e. The van der Waals surface area contributed by atoms with Gasteiger partial charge in [0.1, 0.15) is 12.6 Å². The molecule has 2 aromatic carbocycles. The molecular weight excluding hydrogens is 444 g/mol. The third-order valence-corrected chi connectivity index (χ3v) is 6.85. The number of fused-ring (bicyclic) bond motifs is 3. The zero-order valence-corrected chi connectivity index (χ0v) is 20.8. The number of carboxylic acids is 1.